The molecule has 4 aliphatic rings. The number of hydrogen-bond donors (Lipinski definition) is 1. The van der Waals surface area contributed by atoms with Crippen LogP contribution in [0, 0.1) is 18.3 Å². The van der Waals surface area contributed by atoms with Gasteiger partial charge in [0.05, 0.1) is 5.52 Å². The second-order valence-electron chi connectivity index (χ2n) is 12.0. The van der Waals surface area contributed by atoms with Crippen LogP contribution >= 0.6 is 0 Å². The van der Waals surface area contributed by atoms with Crippen molar-refractivity contribution in [2.45, 2.75) is 45.1 Å². The Morgan fingerprint density at radius 1 is 1.00 bits per heavy atom. The Hall–Kier alpha value is -4.07. The number of benzene rings is 2. The number of carbonyl (C=O) groups excluding carboxylic acids is 3. The van der Waals surface area contributed by atoms with Crippen molar-refractivity contribution in [2.75, 3.05) is 19.6 Å². The van der Waals surface area contributed by atoms with Gasteiger partial charge in [-0.05, 0) is 61.4 Å². The zero-order valence-electron chi connectivity index (χ0n) is 22.2. The van der Waals surface area contributed by atoms with Crippen molar-refractivity contribution < 1.29 is 14.4 Å². The van der Waals surface area contributed by atoms with Crippen LogP contribution < -0.4 is 5.73 Å². The number of likely N-dealkylation sites (tertiary alicyclic amines) is 1. The fraction of sp³-hybridized carbons (Fsp3) is 0.387. The number of hydrogen-bond acceptors (Lipinski definition) is 5. The molecule has 0 bridgehead atoms. The zero-order chi connectivity index (χ0) is 27.1. The summed E-state index contributed by atoms with van der Waals surface area (Å²) in [6.45, 7) is 6.12. The highest BCUT2D eigenvalue weighted by molar-refractivity contribution is 6.17. The molecule has 1 spiro atoms. The highest BCUT2D eigenvalue weighted by Gasteiger charge is 2.58. The van der Waals surface area contributed by atoms with Crippen molar-refractivity contribution in [2.24, 2.45) is 22.1 Å². The van der Waals surface area contributed by atoms with Crippen LogP contribution in [0.5, 0.6) is 0 Å². The molecule has 7 rings (SSSR count). The molecule has 3 fully saturated rings. The van der Waals surface area contributed by atoms with E-state index in [0.29, 0.717) is 25.2 Å². The molecule has 2 aliphatic heterocycles. The topological polar surface area (TPSA) is 109 Å². The number of aryl methyl sites for hydroxylation is 1. The number of nitrogens with two attached hydrogens (primary N) is 1. The molecule has 8 nitrogen and oxygen atoms in total. The fourth-order valence-corrected chi connectivity index (χ4v) is 5.90. The van der Waals surface area contributed by atoms with Crippen LogP contribution in [0.2, 0.25) is 0 Å². The maximum absolute atomic E-state index is 13.4. The number of fused-ring (bicyclic) bond motifs is 1. The van der Waals surface area contributed by atoms with E-state index in [-0.39, 0.29) is 28.8 Å². The number of aromatic nitrogens is 1. The van der Waals surface area contributed by atoms with E-state index in [2.05, 4.69) is 11.1 Å². The van der Waals surface area contributed by atoms with E-state index in [1.165, 1.54) is 0 Å². The lowest BCUT2D eigenvalue weighted by atomic mass is 9.95. The summed E-state index contributed by atoms with van der Waals surface area (Å²) in [6, 6.07) is 15.7. The van der Waals surface area contributed by atoms with E-state index in [0.717, 1.165) is 59.2 Å². The summed E-state index contributed by atoms with van der Waals surface area (Å²) >= 11 is 0. The third-order valence-corrected chi connectivity index (χ3v) is 8.89. The Labute approximate surface area is 226 Å². The first-order chi connectivity index (χ1) is 18.7. The Morgan fingerprint density at radius 2 is 1.69 bits per heavy atom. The van der Waals surface area contributed by atoms with Gasteiger partial charge in [0.2, 0.25) is 5.91 Å². The number of carbonyl (C=O) groups is 3. The molecule has 3 amide bonds. The number of nitrogens with zero attached hydrogens (tertiary/aromatic N) is 4. The van der Waals surface area contributed by atoms with Gasteiger partial charge in [0, 0.05) is 41.9 Å². The van der Waals surface area contributed by atoms with Gasteiger partial charge in [0.25, 0.3) is 11.8 Å². The lowest BCUT2D eigenvalue weighted by Crippen LogP contribution is -2.56. The summed E-state index contributed by atoms with van der Waals surface area (Å²) < 4.78 is 0. The Morgan fingerprint density at radius 3 is 2.36 bits per heavy atom. The molecular weight excluding hydrogens is 490 g/mol. The first-order valence-corrected chi connectivity index (χ1v) is 13.7. The van der Waals surface area contributed by atoms with Crippen LogP contribution in [0.25, 0.3) is 22.0 Å². The number of pyridine rings is 1. The average Bonchev–Trinajstić information content (AvgIpc) is 3.82. The lowest BCUT2D eigenvalue weighted by Gasteiger charge is -2.42. The molecule has 0 atom stereocenters. The Kier molecular flexibility index (Phi) is 5.06. The van der Waals surface area contributed by atoms with Crippen LogP contribution in [-0.2, 0) is 9.59 Å². The predicted octanol–water partition coefficient (Wildman–Crippen LogP) is 3.69. The van der Waals surface area contributed by atoms with Gasteiger partial charge in [-0.25, -0.2) is 4.98 Å². The molecule has 2 saturated carbocycles. The van der Waals surface area contributed by atoms with Crippen LogP contribution in [0.15, 0.2) is 53.5 Å². The van der Waals surface area contributed by atoms with Gasteiger partial charge in [0.1, 0.15) is 17.1 Å². The quantitative estimate of drug-likeness (QED) is 0.534. The van der Waals surface area contributed by atoms with E-state index in [9.17, 15) is 14.4 Å². The predicted molar refractivity (Wildman–Crippen MR) is 148 cm³/mol. The molecule has 198 valence electrons. The Bertz CT molecular complexity index is 1610. The fourth-order valence-electron chi connectivity index (χ4n) is 5.90. The molecule has 1 aromatic heterocycles. The minimum Gasteiger partial charge on any atom is -0.364 e. The van der Waals surface area contributed by atoms with E-state index < -0.39 is 11.4 Å². The Balaban J connectivity index is 1.14. The molecule has 0 radical (unpaired) electrons. The van der Waals surface area contributed by atoms with E-state index >= 15 is 0 Å². The summed E-state index contributed by atoms with van der Waals surface area (Å²) in [6.07, 6.45) is 3.56. The number of amidine groups is 1. The van der Waals surface area contributed by atoms with E-state index in [1.807, 2.05) is 60.0 Å². The first kappa shape index (κ1) is 24.0. The van der Waals surface area contributed by atoms with Crippen LogP contribution in [-0.4, -0.2) is 63.5 Å². The van der Waals surface area contributed by atoms with E-state index in [4.69, 9.17) is 10.7 Å². The summed E-state index contributed by atoms with van der Waals surface area (Å²) in [5.41, 5.74) is 9.64. The summed E-state index contributed by atoms with van der Waals surface area (Å²) in [5.74, 6) is 0.845. The highest BCUT2D eigenvalue weighted by Crippen LogP contribution is 2.48. The molecule has 2 N–H and O–H groups in total. The van der Waals surface area contributed by atoms with Crippen molar-refractivity contribution >= 4 is 34.5 Å². The average molecular weight is 522 g/mol. The molecule has 1 saturated heterocycles. The van der Waals surface area contributed by atoms with Crippen LogP contribution in [0.1, 0.15) is 54.2 Å². The third-order valence-electron chi connectivity index (χ3n) is 8.89. The molecule has 3 aromatic rings. The molecule has 8 heteroatoms. The second kappa shape index (κ2) is 8.21. The van der Waals surface area contributed by atoms with Crippen molar-refractivity contribution in [3.05, 3.63) is 65.4 Å². The maximum Gasteiger partial charge on any atom is 0.267 e. The maximum atomic E-state index is 13.4. The molecule has 39 heavy (non-hydrogen) atoms. The van der Waals surface area contributed by atoms with E-state index in [1.54, 1.807) is 6.07 Å². The number of primary amides is 1. The molecule has 3 heterocycles. The number of aliphatic imine (C=N–C) groups is 1. The number of amides is 3. The minimum atomic E-state index is -0.580. The van der Waals surface area contributed by atoms with Gasteiger partial charge in [-0.2, -0.15) is 0 Å². The minimum absolute atomic E-state index is 0.103. The number of rotatable bonds is 6. The van der Waals surface area contributed by atoms with Gasteiger partial charge >= 0.3 is 0 Å². The van der Waals surface area contributed by atoms with Gasteiger partial charge in [-0.3, -0.25) is 24.3 Å². The van der Waals surface area contributed by atoms with Crippen molar-refractivity contribution in [3.8, 4) is 11.1 Å². The van der Waals surface area contributed by atoms with Crippen molar-refractivity contribution in [1.82, 2.24) is 14.8 Å². The third kappa shape index (κ3) is 3.92. The molecule has 0 unspecified atom stereocenters. The van der Waals surface area contributed by atoms with Gasteiger partial charge in [-0.15, -0.1) is 0 Å². The second-order valence-corrected chi connectivity index (χ2v) is 12.0. The first-order valence-electron chi connectivity index (χ1n) is 13.7. The monoisotopic (exact) mass is 521 g/mol. The molecule has 2 aromatic carbocycles. The lowest BCUT2D eigenvalue weighted by molar-refractivity contribution is -0.143. The highest BCUT2D eigenvalue weighted by atomic mass is 16.2. The van der Waals surface area contributed by atoms with Gasteiger partial charge in [0.15, 0.2) is 0 Å². The molecule has 2 aliphatic carbocycles. The largest absolute Gasteiger partial charge is 0.364 e. The van der Waals surface area contributed by atoms with Crippen LogP contribution in [0.4, 0.5) is 0 Å². The van der Waals surface area contributed by atoms with Crippen molar-refractivity contribution in [3.63, 3.8) is 0 Å². The summed E-state index contributed by atoms with van der Waals surface area (Å²) in [4.78, 5) is 50.9. The SMILES string of the molecule is Cc1cc(-c2ccc3ccc(C(N)=O)nc3c2)ccc1C1=NC2(CC2)C(=O)N1CC1CN(C(=O)C2(C)CC2)C1. The smallest absolute Gasteiger partial charge is 0.267 e. The van der Waals surface area contributed by atoms with Gasteiger partial charge in [-0.1, -0.05) is 43.3 Å². The van der Waals surface area contributed by atoms with Gasteiger partial charge < -0.3 is 10.6 Å². The standard InChI is InChI=1S/C31H31N5O3/c1-18-13-21(22-4-3-20-6-8-24(26(32)37)33-25(20)14-22)5-7-23(18)27-34-31(11-12-31)29(39)36(27)17-19-15-35(16-19)28(38)30(2)9-10-30/h3-8,13-14,19H,9-12,15-17H2,1-2H3,(H2,32,37). The molecular formula is C31H31N5O3. The zero-order valence-corrected chi connectivity index (χ0v) is 22.2. The van der Waals surface area contributed by atoms with Crippen LogP contribution in [0.3, 0.4) is 0 Å². The normalized spacial score (nSPS) is 20.8. The summed E-state index contributed by atoms with van der Waals surface area (Å²) in [5, 5.41) is 0.934. The van der Waals surface area contributed by atoms with Crippen molar-refractivity contribution in [1.29, 1.82) is 0 Å². The summed E-state index contributed by atoms with van der Waals surface area (Å²) in [7, 11) is 0.